The highest BCUT2D eigenvalue weighted by molar-refractivity contribution is 5.77. The maximum Gasteiger partial charge on any atom is 0.267 e. The SMILES string of the molecule is Nc1nnc(-c2cccc(F)c2O)cc1-c1cc([C@@H]2CCNCC2(F)F)ccn1. The third-order valence-corrected chi connectivity index (χ3v) is 5.03. The van der Waals surface area contributed by atoms with Crippen molar-refractivity contribution in [3.63, 3.8) is 0 Å². The number of piperidine rings is 1. The number of alkyl halides is 2. The van der Waals surface area contributed by atoms with Gasteiger partial charge in [0, 0.05) is 17.3 Å². The van der Waals surface area contributed by atoms with Gasteiger partial charge in [-0.25, -0.2) is 13.2 Å². The van der Waals surface area contributed by atoms with E-state index in [9.17, 15) is 18.3 Å². The summed E-state index contributed by atoms with van der Waals surface area (Å²) in [6.45, 7) is 0.122. The fourth-order valence-electron chi connectivity index (χ4n) is 3.52. The van der Waals surface area contributed by atoms with Gasteiger partial charge in [0.1, 0.15) is 0 Å². The first-order valence-corrected chi connectivity index (χ1v) is 9.03. The summed E-state index contributed by atoms with van der Waals surface area (Å²) in [6, 6.07) is 8.67. The number of nitrogens with one attached hydrogen (secondary N) is 1. The summed E-state index contributed by atoms with van der Waals surface area (Å²) in [5, 5.41) is 20.5. The average Bonchev–Trinajstić information content (AvgIpc) is 2.70. The van der Waals surface area contributed by atoms with Gasteiger partial charge in [-0.3, -0.25) is 4.98 Å². The minimum Gasteiger partial charge on any atom is -0.504 e. The molecule has 1 saturated heterocycles. The number of nitrogen functional groups attached to an aromatic ring is 1. The van der Waals surface area contributed by atoms with Gasteiger partial charge in [0.05, 0.1) is 23.9 Å². The fraction of sp³-hybridized carbons (Fsp3) is 0.250. The molecule has 9 heteroatoms. The van der Waals surface area contributed by atoms with Crippen LogP contribution in [0.2, 0.25) is 0 Å². The number of phenolic OH excluding ortho intramolecular Hbond substituents is 1. The second-order valence-corrected chi connectivity index (χ2v) is 6.92. The van der Waals surface area contributed by atoms with Crippen LogP contribution >= 0.6 is 0 Å². The highest BCUT2D eigenvalue weighted by Crippen LogP contribution is 2.39. The molecule has 3 aromatic rings. The zero-order chi connectivity index (χ0) is 20.6. The topological polar surface area (TPSA) is 97.0 Å². The number of aromatic hydroxyl groups is 1. The highest BCUT2D eigenvalue weighted by atomic mass is 19.3. The number of hydrogen-bond acceptors (Lipinski definition) is 6. The standard InChI is InChI=1S/C20H18F3N5O/c21-15-3-1-2-12(18(15)29)17-9-13(19(24)28-27-17)16-8-11(4-7-26-16)14-5-6-25-10-20(14,22)23/h1-4,7-9,14,25,29H,5-6,10H2,(H2,24,28)/t14-/m0/s1. The van der Waals surface area contributed by atoms with E-state index >= 15 is 0 Å². The Morgan fingerprint density at radius 1 is 1.10 bits per heavy atom. The maximum absolute atomic E-state index is 14.3. The van der Waals surface area contributed by atoms with E-state index in [4.69, 9.17) is 5.73 Å². The van der Waals surface area contributed by atoms with Crippen molar-refractivity contribution in [3.05, 3.63) is 54.0 Å². The van der Waals surface area contributed by atoms with Crippen LogP contribution in [0.4, 0.5) is 19.0 Å². The molecule has 150 valence electrons. The molecule has 0 spiro atoms. The summed E-state index contributed by atoms with van der Waals surface area (Å²) in [5.41, 5.74) is 7.42. The largest absolute Gasteiger partial charge is 0.504 e. The number of para-hydroxylation sites is 1. The molecule has 1 aromatic carbocycles. The number of benzene rings is 1. The zero-order valence-electron chi connectivity index (χ0n) is 15.2. The third-order valence-electron chi connectivity index (χ3n) is 5.03. The first kappa shape index (κ1) is 19.1. The second kappa shape index (κ2) is 7.32. The Morgan fingerprint density at radius 3 is 2.72 bits per heavy atom. The van der Waals surface area contributed by atoms with Crippen molar-refractivity contribution in [3.8, 4) is 28.3 Å². The molecular weight excluding hydrogens is 383 g/mol. The van der Waals surface area contributed by atoms with Gasteiger partial charge < -0.3 is 16.2 Å². The molecule has 0 amide bonds. The predicted octanol–water partition coefficient (Wildman–Crippen LogP) is 3.34. The number of rotatable bonds is 3. The Labute approximate surface area is 164 Å². The van der Waals surface area contributed by atoms with Crippen LogP contribution in [0.15, 0.2) is 42.6 Å². The molecule has 0 unspecified atom stereocenters. The molecule has 1 aliphatic heterocycles. The summed E-state index contributed by atoms with van der Waals surface area (Å²) in [7, 11) is 0. The molecule has 3 heterocycles. The van der Waals surface area contributed by atoms with Crippen molar-refractivity contribution in [2.75, 3.05) is 18.8 Å². The third kappa shape index (κ3) is 3.61. The van der Waals surface area contributed by atoms with E-state index in [1.807, 2.05) is 0 Å². The summed E-state index contributed by atoms with van der Waals surface area (Å²) in [6.07, 6.45) is 1.74. The van der Waals surface area contributed by atoms with Gasteiger partial charge in [-0.2, -0.15) is 0 Å². The van der Waals surface area contributed by atoms with Crippen molar-refractivity contribution in [1.82, 2.24) is 20.5 Å². The summed E-state index contributed by atoms with van der Waals surface area (Å²) in [4.78, 5) is 4.24. The van der Waals surface area contributed by atoms with E-state index < -0.39 is 23.4 Å². The van der Waals surface area contributed by atoms with E-state index in [1.54, 1.807) is 12.1 Å². The van der Waals surface area contributed by atoms with Crippen LogP contribution in [0.25, 0.3) is 22.5 Å². The van der Waals surface area contributed by atoms with E-state index in [1.165, 1.54) is 24.4 Å². The maximum atomic E-state index is 14.3. The second-order valence-electron chi connectivity index (χ2n) is 6.92. The number of nitrogens with two attached hydrogens (primary N) is 1. The van der Waals surface area contributed by atoms with E-state index in [0.717, 1.165) is 6.07 Å². The van der Waals surface area contributed by atoms with Crippen LogP contribution in [0.1, 0.15) is 17.9 Å². The molecule has 1 aliphatic rings. The van der Waals surface area contributed by atoms with Gasteiger partial charge in [0.25, 0.3) is 5.92 Å². The van der Waals surface area contributed by atoms with Crippen LogP contribution in [-0.4, -0.2) is 39.3 Å². The van der Waals surface area contributed by atoms with Gasteiger partial charge in [0.15, 0.2) is 17.4 Å². The summed E-state index contributed by atoms with van der Waals surface area (Å²) >= 11 is 0. The van der Waals surface area contributed by atoms with Crippen LogP contribution in [-0.2, 0) is 0 Å². The molecule has 6 nitrogen and oxygen atoms in total. The number of pyridine rings is 1. The minimum absolute atomic E-state index is 0.0476. The van der Waals surface area contributed by atoms with E-state index in [2.05, 4.69) is 20.5 Å². The van der Waals surface area contributed by atoms with Crippen LogP contribution in [0.5, 0.6) is 5.75 Å². The number of anilines is 1. The molecule has 0 bridgehead atoms. The normalized spacial score (nSPS) is 18.5. The van der Waals surface area contributed by atoms with Crippen molar-refractivity contribution < 1.29 is 18.3 Å². The Bertz CT molecular complexity index is 1060. The number of nitrogens with zero attached hydrogens (tertiary/aromatic N) is 3. The first-order valence-electron chi connectivity index (χ1n) is 9.03. The molecule has 1 atom stereocenters. The lowest BCUT2D eigenvalue weighted by molar-refractivity contribution is -0.0420. The monoisotopic (exact) mass is 401 g/mol. The molecule has 0 radical (unpaired) electrons. The first-order chi connectivity index (χ1) is 13.9. The molecule has 29 heavy (non-hydrogen) atoms. The van der Waals surface area contributed by atoms with Crippen LogP contribution < -0.4 is 11.1 Å². The van der Waals surface area contributed by atoms with Crippen LogP contribution in [0.3, 0.4) is 0 Å². The van der Waals surface area contributed by atoms with Crippen molar-refractivity contribution >= 4 is 5.82 Å². The Kier molecular flexibility index (Phi) is 4.83. The van der Waals surface area contributed by atoms with Gasteiger partial charge in [0.2, 0.25) is 0 Å². The smallest absolute Gasteiger partial charge is 0.267 e. The minimum atomic E-state index is -2.88. The number of phenols is 1. The zero-order valence-corrected chi connectivity index (χ0v) is 15.2. The molecular formula is C20H18F3N5O. The van der Waals surface area contributed by atoms with Crippen molar-refractivity contribution in [1.29, 1.82) is 0 Å². The van der Waals surface area contributed by atoms with E-state index in [-0.39, 0.29) is 23.6 Å². The lowest BCUT2D eigenvalue weighted by atomic mass is 9.87. The lowest BCUT2D eigenvalue weighted by Crippen LogP contribution is -2.44. The Balaban J connectivity index is 1.77. The summed E-state index contributed by atoms with van der Waals surface area (Å²) in [5.74, 6) is -5.12. The summed E-state index contributed by atoms with van der Waals surface area (Å²) < 4.78 is 42.4. The quantitative estimate of drug-likeness (QED) is 0.623. The van der Waals surface area contributed by atoms with Gasteiger partial charge in [-0.05, 0) is 48.9 Å². The molecule has 0 aliphatic carbocycles. The molecule has 1 fully saturated rings. The van der Waals surface area contributed by atoms with Crippen LogP contribution in [0, 0.1) is 5.82 Å². The average molecular weight is 401 g/mol. The fourth-order valence-corrected chi connectivity index (χ4v) is 3.52. The predicted molar refractivity (Wildman–Crippen MR) is 102 cm³/mol. The number of hydrogen-bond donors (Lipinski definition) is 3. The molecule has 2 aromatic heterocycles. The number of halogens is 3. The lowest BCUT2D eigenvalue weighted by Gasteiger charge is -2.32. The number of aromatic nitrogens is 3. The molecule has 4 N–H and O–H groups in total. The van der Waals surface area contributed by atoms with Crippen molar-refractivity contribution in [2.24, 2.45) is 0 Å². The Hall–Kier alpha value is -3.20. The molecule has 0 saturated carbocycles. The van der Waals surface area contributed by atoms with Gasteiger partial charge in [-0.15, -0.1) is 10.2 Å². The van der Waals surface area contributed by atoms with Gasteiger partial charge in [-0.1, -0.05) is 6.07 Å². The van der Waals surface area contributed by atoms with Crippen molar-refractivity contribution in [2.45, 2.75) is 18.3 Å². The Morgan fingerprint density at radius 2 is 1.93 bits per heavy atom. The van der Waals surface area contributed by atoms with Gasteiger partial charge >= 0.3 is 0 Å². The highest BCUT2D eigenvalue weighted by Gasteiger charge is 2.42. The molecule has 4 rings (SSSR count). The van der Waals surface area contributed by atoms with E-state index in [0.29, 0.717) is 29.8 Å².